The molecule has 1 unspecified atom stereocenters. The minimum atomic E-state index is -0.362. The molecular formula is C24H32N2O3. The first-order valence-electron chi connectivity index (χ1n) is 10.8. The Hall–Kier alpha value is -2.56. The molecule has 1 atom stereocenters. The number of allylic oxidation sites excluding steroid dienone is 3. The Labute approximate surface area is 173 Å². The molecule has 0 spiro atoms. The molecule has 1 heterocycles. The second kappa shape index (κ2) is 9.29. The lowest BCUT2D eigenvalue weighted by atomic mass is 9.75. The van der Waals surface area contributed by atoms with Crippen molar-refractivity contribution in [3.05, 3.63) is 52.4 Å². The highest BCUT2D eigenvalue weighted by Gasteiger charge is 2.39. The van der Waals surface area contributed by atoms with E-state index in [2.05, 4.69) is 48.3 Å². The number of hydrogen-bond acceptors (Lipinski definition) is 5. The average Bonchev–Trinajstić information content (AvgIpc) is 2.74. The molecule has 0 saturated carbocycles. The van der Waals surface area contributed by atoms with Gasteiger partial charge in [0.05, 0.1) is 12.2 Å². The molecule has 2 aliphatic rings. The lowest BCUT2D eigenvalue weighted by Gasteiger charge is -2.35. The number of anilines is 1. The van der Waals surface area contributed by atoms with Crippen molar-refractivity contribution in [2.45, 2.75) is 59.3 Å². The number of Topliss-reactive ketones (excluding diaryl/α,β-unsaturated/α-hetero) is 1. The molecule has 0 radical (unpaired) electrons. The van der Waals surface area contributed by atoms with Crippen molar-refractivity contribution in [2.75, 3.05) is 24.6 Å². The standard InChI is InChI=1S/C24H32N2O3/c1-5-18-23(24(28)29-8-4)21(22-19(25-18)10-9-11-20(22)27)16-12-14-17(15-13-16)26(6-2)7-3/h12-15,21,25H,5-11H2,1-4H3. The third-order valence-corrected chi connectivity index (χ3v) is 5.86. The third kappa shape index (κ3) is 4.09. The lowest BCUT2D eigenvalue weighted by molar-refractivity contribution is -0.138. The van der Waals surface area contributed by atoms with E-state index in [4.69, 9.17) is 4.74 Å². The van der Waals surface area contributed by atoms with E-state index in [-0.39, 0.29) is 17.7 Å². The van der Waals surface area contributed by atoms with Crippen LogP contribution in [0.4, 0.5) is 5.69 Å². The lowest BCUT2D eigenvalue weighted by Crippen LogP contribution is -2.35. The Kier molecular flexibility index (Phi) is 6.78. The van der Waals surface area contributed by atoms with Crippen molar-refractivity contribution in [3.63, 3.8) is 0 Å². The first-order chi connectivity index (χ1) is 14.0. The van der Waals surface area contributed by atoms with Crippen molar-refractivity contribution in [1.29, 1.82) is 0 Å². The van der Waals surface area contributed by atoms with Crippen LogP contribution in [0.25, 0.3) is 0 Å². The van der Waals surface area contributed by atoms with E-state index in [1.807, 2.05) is 13.8 Å². The number of esters is 1. The molecule has 1 aliphatic heterocycles. The number of carbonyl (C=O) groups excluding carboxylic acids is 2. The zero-order valence-corrected chi connectivity index (χ0v) is 18.0. The summed E-state index contributed by atoms with van der Waals surface area (Å²) in [6.07, 6.45) is 2.91. The predicted molar refractivity (Wildman–Crippen MR) is 116 cm³/mol. The van der Waals surface area contributed by atoms with Crippen molar-refractivity contribution >= 4 is 17.4 Å². The van der Waals surface area contributed by atoms with Crippen LogP contribution in [0, 0.1) is 0 Å². The number of nitrogens with zero attached hydrogens (tertiary/aromatic N) is 1. The number of hydrogen-bond donors (Lipinski definition) is 1. The van der Waals surface area contributed by atoms with Crippen molar-refractivity contribution in [3.8, 4) is 0 Å². The van der Waals surface area contributed by atoms with Crippen LogP contribution in [0.3, 0.4) is 0 Å². The smallest absolute Gasteiger partial charge is 0.336 e. The number of benzene rings is 1. The van der Waals surface area contributed by atoms with Crippen LogP contribution in [0.2, 0.25) is 0 Å². The first kappa shape index (κ1) is 21.2. The largest absolute Gasteiger partial charge is 0.463 e. The maximum Gasteiger partial charge on any atom is 0.336 e. The molecule has 0 amide bonds. The number of ether oxygens (including phenoxy) is 1. The molecule has 5 heteroatoms. The highest BCUT2D eigenvalue weighted by Crippen LogP contribution is 2.43. The molecule has 0 fully saturated rings. The van der Waals surface area contributed by atoms with Gasteiger partial charge in [-0.15, -0.1) is 0 Å². The maximum atomic E-state index is 12.9. The Balaban J connectivity index is 2.11. The molecule has 0 aromatic heterocycles. The summed E-state index contributed by atoms with van der Waals surface area (Å²) < 4.78 is 5.40. The molecule has 0 bridgehead atoms. The van der Waals surface area contributed by atoms with Gasteiger partial charge in [-0.1, -0.05) is 19.1 Å². The summed E-state index contributed by atoms with van der Waals surface area (Å²) in [6.45, 7) is 10.3. The van der Waals surface area contributed by atoms with Gasteiger partial charge >= 0.3 is 5.97 Å². The molecule has 156 valence electrons. The zero-order chi connectivity index (χ0) is 21.0. The minimum absolute atomic E-state index is 0.133. The number of ketones is 1. The highest BCUT2D eigenvalue weighted by molar-refractivity contribution is 6.03. The van der Waals surface area contributed by atoms with Crippen LogP contribution in [-0.2, 0) is 14.3 Å². The third-order valence-electron chi connectivity index (χ3n) is 5.86. The Bertz CT molecular complexity index is 832. The molecular weight excluding hydrogens is 364 g/mol. The van der Waals surface area contributed by atoms with Gasteiger partial charge in [0.25, 0.3) is 0 Å². The van der Waals surface area contributed by atoms with Gasteiger partial charge in [0.15, 0.2) is 5.78 Å². The number of nitrogens with one attached hydrogen (secondary N) is 1. The van der Waals surface area contributed by atoms with E-state index in [9.17, 15) is 9.59 Å². The molecule has 1 aromatic carbocycles. The molecule has 1 aromatic rings. The van der Waals surface area contributed by atoms with E-state index < -0.39 is 0 Å². The summed E-state index contributed by atoms with van der Waals surface area (Å²) >= 11 is 0. The molecule has 1 N–H and O–H groups in total. The zero-order valence-electron chi connectivity index (χ0n) is 18.0. The van der Waals surface area contributed by atoms with Gasteiger partial charge in [0.2, 0.25) is 0 Å². The van der Waals surface area contributed by atoms with Gasteiger partial charge in [-0.3, -0.25) is 4.79 Å². The van der Waals surface area contributed by atoms with E-state index in [0.717, 1.165) is 54.1 Å². The topological polar surface area (TPSA) is 58.6 Å². The summed E-state index contributed by atoms with van der Waals surface area (Å²) in [4.78, 5) is 28.1. The van der Waals surface area contributed by atoms with Crippen molar-refractivity contribution < 1.29 is 14.3 Å². The van der Waals surface area contributed by atoms with Crippen LogP contribution in [0.15, 0.2) is 46.8 Å². The van der Waals surface area contributed by atoms with Gasteiger partial charge in [-0.25, -0.2) is 4.79 Å². The molecule has 3 rings (SSSR count). The molecule has 29 heavy (non-hydrogen) atoms. The van der Waals surface area contributed by atoms with E-state index in [1.165, 1.54) is 0 Å². The van der Waals surface area contributed by atoms with Gasteiger partial charge in [0.1, 0.15) is 0 Å². The second-order valence-electron chi connectivity index (χ2n) is 7.46. The number of rotatable bonds is 7. The Morgan fingerprint density at radius 1 is 1.10 bits per heavy atom. The van der Waals surface area contributed by atoms with Crippen LogP contribution in [0.5, 0.6) is 0 Å². The van der Waals surface area contributed by atoms with E-state index in [1.54, 1.807) is 0 Å². The summed E-state index contributed by atoms with van der Waals surface area (Å²) in [5, 5.41) is 3.40. The number of carbonyl (C=O) groups is 2. The fourth-order valence-corrected chi connectivity index (χ4v) is 4.42. The van der Waals surface area contributed by atoms with E-state index in [0.29, 0.717) is 25.0 Å². The van der Waals surface area contributed by atoms with Crippen LogP contribution in [-0.4, -0.2) is 31.4 Å². The van der Waals surface area contributed by atoms with Gasteiger partial charge in [-0.2, -0.15) is 0 Å². The highest BCUT2D eigenvalue weighted by atomic mass is 16.5. The van der Waals surface area contributed by atoms with Gasteiger partial charge in [0, 0.05) is 48.1 Å². The summed E-state index contributed by atoms with van der Waals surface area (Å²) in [5.74, 6) is -0.563. The fourth-order valence-electron chi connectivity index (χ4n) is 4.42. The first-order valence-corrected chi connectivity index (χ1v) is 10.8. The quantitative estimate of drug-likeness (QED) is 0.690. The number of dihydropyridines is 1. The van der Waals surface area contributed by atoms with E-state index >= 15 is 0 Å². The van der Waals surface area contributed by atoms with Crippen LogP contribution in [0.1, 0.15) is 64.9 Å². The average molecular weight is 397 g/mol. The molecule has 0 saturated heterocycles. The monoisotopic (exact) mass is 396 g/mol. The second-order valence-corrected chi connectivity index (χ2v) is 7.46. The maximum absolute atomic E-state index is 12.9. The van der Waals surface area contributed by atoms with Gasteiger partial charge < -0.3 is 15.0 Å². The van der Waals surface area contributed by atoms with Gasteiger partial charge in [-0.05, 0) is 57.7 Å². The molecule has 5 nitrogen and oxygen atoms in total. The Morgan fingerprint density at radius 2 is 1.79 bits per heavy atom. The Morgan fingerprint density at radius 3 is 2.38 bits per heavy atom. The summed E-state index contributed by atoms with van der Waals surface area (Å²) in [5.41, 5.74) is 5.29. The predicted octanol–water partition coefficient (Wildman–Crippen LogP) is 4.45. The molecule has 1 aliphatic carbocycles. The summed E-state index contributed by atoms with van der Waals surface area (Å²) in [6, 6.07) is 8.30. The normalized spacial score (nSPS) is 19.0. The van der Waals surface area contributed by atoms with Crippen molar-refractivity contribution in [1.82, 2.24) is 5.32 Å². The summed E-state index contributed by atoms with van der Waals surface area (Å²) in [7, 11) is 0. The SMILES string of the molecule is CCOC(=O)C1=C(CC)NC2=C(C(=O)CCC2)C1c1ccc(N(CC)CC)cc1. The van der Waals surface area contributed by atoms with Crippen LogP contribution >= 0.6 is 0 Å². The van der Waals surface area contributed by atoms with Crippen LogP contribution < -0.4 is 10.2 Å². The van der Waals surface area contributed by atoms with Crippen molar-refractivity contribution in [2.24, 2.45) is 0 Å². The minimum Gasteiger partial charge on any atom is -0.463 e. The fraction of sp³-hybridized carbons (Fsp3) is 0.500.